The second-order valence-electron chi connectivity index (χ2n) is 3.75. The molecule has 0 amide bonds. The first kappa shape index (κ1) is 10.2. The maximum absolute atomic E-state index is 8.75. The number of ether oxygens (including phenoxy) is 1. The summed E-state index contributed by atoms with van der Waals surface area (Å²) in [6.45, 7) is 0. The van der Waals surface area contributed by atoms with Gasteiger partial charge in [-0.1, -0.05) is 36.0 Å². The van der Waals surface area contributed by atoms with Gasteiger partial charge in [-0.15, -0.1) is 0 Å². The third-order valence-corrected chi connectivity index (χ3v) is 3.80. The van der Waals surface area contributed by atoms with Crippen LogP contribution in [-0.2, 0) is 0 Å². The van der Waals surface area contributed by atoms with E-state index in [0.717, 1.165) is 11.3 Å². The van der Waals surface area contributed by atoms with Crippen molar-refractivity contribution in [3.05, 3.63) is 59.7 Å². The molecule has 0 spiro atoms. The number of fused-ring (bicyclic) bond motifs is 1. The molecule has 3 rings (SSSR count). The van der Waals surface area contributed by atoms with Crippen LogP contribution in [0.25, 0.3) is 0 Å². The Morgan fingerprint density at radius 2 is 1.82 bits per heavy atom. The molecule has 0 aromatic heterocycles. The molecule has 1 aliphatic heterocycles. The van der Waals surface area contributed by atoms with E-state index < -0.39 is 0 Å². The molecule has 0 saturated heterocycles. The summed E-state index contributed by atoms with van der Waals surface area (Å²) < 4.78 is 5.85. The summed E-state index contributed by atoms with van der Waals surface area (Å²) in [7, 11) is 0. The Bertz CT molecular complexity index is 561. The molecule has 0 saturated carbocycles. The van der Waals surface area contributed by atoms with Gasteiger partial charge in [-0.3, -0.25) is 0 Å². The Hall–Kier alpha value is -1.92. The summed E-state index contributed by atoms with van der Waals surface area (Å²) in [5.74, 6) is 0.937. The molecule has 1 atom stereocenters. The van der Waals surface area contributed by atoms with E-state index in [-0.39, 0.29) is 5.44 Å². The van der Waals surface area contributed by atoms with E-state index in [1.54, 1.807) is 11.8 Å². The Kier molecular flexibility index (Phi) is 2.50. The smallest absolute Gasteiger partial charge is 0.174 e. The van der Waals surface area contributed by atoms with Gasteiger partial charge in [0.05, 0.1) is 16.5 Å². The van der Waals surface area contributed by atoms with Crippen LogP contribution in [0.1, 0.15) is 16.6 Å². The summed E-state index contributed by atoms with van der Waals surface area (Å²) in [5.41, 5.74) is 1.76. The highest BCUT2D eigenvalue weighted by Crippen LogP contribution is 2.47. The number of nitriles is 1. The molecule has 2 nitrogen and oxygen atoms in total. The van der Waals surface area contributed by atoms with Crippen molar-refractivity contribution in [2.75, 3.05) is 0 Å². The van der Waals surface area contributed by atoms with E-state index in [2.05, 4.69) is 12.1 Å². The molecule has 1 heterocycles. The van der Waals surface area contributed by atoms with Gasteiger partial charge < -0.3 is 4.74 Å². The van der Waals surface area contributed by atoms with Crippen molar-refractivity contribution in [1.82, 2.24) is 0 Å². The fourth-order valence-corrected chi connectivity index (χ4v) is 2.82. The minimum atomic E-state index is 0.000132. The molecule has 3 heteroatoms. The van der Waals surface area contributed by atoms with Crippen molar-refractivity contribution in [2.24, 2.45) is 0 Å². The van der Waals surface area contributed by atoms with E-state index in [9.17, 15) is 0 Å². The zero-order valence-corrected chi connectivity index (χ0v) is 9.78. The van der Waals surface area contributed by atoms with Gasteiger partial charge in [0.1, 0.15) is 5.75 Å². The van der Waals surface area contributed by atoms with Gasteiger partial charge in [0.25, 0.3) is 0 Å². The number of hydrogen-bond acceptors (Lipinski definition) is 3. The van der Waals surface area contributed by atoms with Crippen LogP contribution in [0, 0.1) is 11.3 Å². The number of nitrogens with zero attached hydrogens (tertiary/aromatic N) is 1. The topological polar surface area (TPSA) is 33.0 Å². The van der Waals surface area contributed by atoms with Gasteiger partial charge in [0.2, 0.25) is 0 Å². The van der Waals surface area contributed by atoms with Crippen molar-refractivity contribution in [2.45, 2.75) is 10.3 Å². The fraction of sp³-hybridized carbons (Fsp3) is 0.0714. The molecule has 0 N–H and O–H groups in total. The Balaban J connectivity index is 1.87. The maximum Gasteiger partial charge on any atom is 0.174 e. The van der Waals surface area contributed by atoms with Gasteiger partial charge in [-0.2, -0.15) is 5.26 Å². The fourth-order valence-electron chi connectivity index (χ4n) is 1.75. The van der Waals surface area contributed by atoms with Crippen LogP contribution >= 0.6 is 11.8 Å². The third-order valence-electron chi connectivity index (χ3n) is 2.63. The highest BCUT2D eigenvalue weighted by Gasteiger charge is 2.24. The number of hydrogen-bond donors (Lipinski definition) is 0. The lowest BCUT2D eigenvalue weighted by molar-refractivity contribution is 0.302. The van der Waals surface area contributed by atoms with Crippen molar-refractivity contribution in [1.29, 1.82) is 5.26 Å². The highest BCUT2D eigenvalue weighted by atomic mass is 32.2. The molecule has 0 aliphatic carbocycles. The molecule has 0 bridgehead atoms. The van der Waals surface area contributed by atoms with Crippen LogP contribution in [0.4, 0.5) is 0 Å². The summed E-state index contributed by atoms with van der Waals surface area (Å²) in [6.07, 6.45) is 0. The molecule has 82 valence electrons. The maximum atomic E-state index is 8.75. The SMILES string of the molecule is N#Cc1ccc(C2Oc3ccccc3S2)cc1. The van der Waals surface area contributed by atoms with Gasteiger partial charge in [0, 0.05) is 5.56 Å². The highest BCUT2D eigenvalue weighted by molar-refractivity contribution is 7.99. The number of para-hydroxylation sites is 1. The van der Waals surface area contributed by atoms with Crippen molar-refractivity contribution in [3.8, 4) is 11.8 Å². The lowest BCUT2D eigenvalue weighted by Gasteiger charge is -2.09. The zero-order valence-electron chi connectivity index (χ0n) is 8.96. The molecule has 0 fully saturated rings. The predicted molar refractivity (Wildman–Crippen MR) is 66.8 cm³/mol. The molecule has 17 heavy (non-hydrogen) atoms. The molecule has 0 radical (unpaired) electrons. The molecule has 1 unspecified atom stereocenters. The van der Waals surface area contributed by atoms with E-state index in [4.69, 9.17) is 10.00 Å². The largest absolute Gasteiger partial charge is 0.473 e. The van der Waals surface area contributed by atoms with Crippen LogP contribution in [-0.4, -0.2) is 0 Å². The average molecular weight is 239 g/mol. The van der Waals surface area contributed by atoms with E-state index in [1.807, 2.05) is 42.5 Å². The van der Waals surface area contributed by atoms with Gasteiger partial charge in [-0.05, 0) is 24.3 Å². The minimum absolute atomic E-state index is 0.000132. The quantitative estimate of drug-likeness (QED) is 0.760. The third kappa shape index (κ3) is 1.88. The van der Waals surface area contributed by atoms with Crippen LogP contribution in [0.15, 0.2) is 53.4 Å². The molecule has 1 aliphatic rings. The molecular weight excluding hydrogens is 230 g/mol. The molecule has 2 aromatic carbocycles. The monoisotopic (exact) mass is 239 g/mol. The number of thioether (sulfide) groups is 1. The minimum Gasteiger partial charge on any atom is -0.473 e. The lowest BCUT2D eigenvalue weighted by atomic mass is 10.1. The second kappa shape index (κ2) is 4.15. The Labute approximate surface area is 104 Å². The van der Waals surface area contributed by atoms with Gasteiger partial charge in [0.15, 0.2) is 5.44 Å². The van der Waals surface area contributed by atoms with Gasteiger partial charge in [-0.25, -0.2) is 0 Å². The summed E-state index contributed by atoms with van der Waals surface area (Å²) in [4.78, 5) is 1.17. The number of benzene rings is 2. The zero-order chi connectivity index (χ0) is 11.7. The van der Waals surface area contributed by atoms with E-state index in [0.29, 0.717) is 5.56 Å². The Morgan fingerprint density at radius 1 is 1.06 bits per heavy atom. The average Bonchev–Trinajstić information content (AvgIpc) is 2.82. The molecule has 2 aromatic rings. The summed E-state index contributed by atoms with van der Waals surface area (Å²) in [5, 5.41) is 8.75. The summed E-state index contributed by atoms with van der Waals surface area (Å²) >= 11 is 1.70. The van der Waals surface area contributed by atoms with Crippen molar-refractivity contribution in [3.63, 3.8) is 0 Å². The first-order chi connectivity index (χ1) is 8.36. The first-order valence-electron chi connectivity index (χ1n) is 5.29. The van der Waals surface area contributed by atoms with Crippen LogP contribution < -0.4 is 4.74 Å². The van der Waals surface area contributed by atoms with E-state index in [1.165, 1.54) is 4.90 Å². The van der Waals surface area contributed by atoms with Crippen LogP contribution in [0.2, 0.25) is 0 Å². The first-order valence-corrected chi connectivity index (χ1v) is 6.17. The standard InChI is InChI=1S/C14H9NOS/c15-9-10-5-7-11(8-6-10)14-16-12-3-1-2-4-13(12)17-14/h1-8,14H. The Morgan fingerprint density at radius 3 is 2.53 bits per heavy atom. The number of rotatable bonds is 1. The van der Waals surface area contributed by atoms with Crippen molar-refractivity contribution < 1.29 is 4.74 Å². The lowest BCUT2D eigenvalue weighted by Crippen LogP contribution is -1.97. The molecular formula is C14H9NOS. The van der Waals surface area contributed by atoms with E-state index >= 15 is 0 Å². The van der Waals surface area contributed by atoms with Crippen molar-refractivity contribution >= 4 is 11.8 Å². The van der Waals surface area contributed by atoms with Gasteiger partial charge >= 0.3 is 0 Å². The van der Waals surface area contributed by atoms with Crippen LogP contribution in [0.3, 0.4) is 0 Å². The predicted octanol–water partition coefficient (Wildman–Crippen LogP) is 3.74. The summed E-state index contributed by atoms with van der Waals surface area (Å²) in [6, 6.07) is 17.7. The second-order valence-corrected chi connectivity index (χ2v) is 4.85. The van der Waals surface area contributed by atoms with Crippen LogP contribution in [0.5, 0.6) is 5.75 Å². The normalized spacial score (nSPS) is 17.0.